The van der Waals surface area contributed by atoms with Crippen LogP contribution in [0.4, 0.5) is 0 Å². The van der Waals surface area contributed by atoms with Crippen LogP contribution in [-0.4, -0.2) is 44.6 Å². The summed E-state index contributed by atoms with van der Waals surface area (Å²) < 4.78 is 29.8. The molecule has 0 spiro atoms. The number of ether oxygens (including phenoxy) is 1. The average Bonchev–Trinajstić information content (AvgIpc) is 2.28. The minimum Gasteiger partial charge on any atom is -0.492 e. The lowest BCUT2D eigenvalue weighted by Gasteiger charge is -2.16. The number of halogens is 2. The second kappa shape index (κ2) is 7.19. The van der Waals surface area contributed by atoms with Gasteiger partial charge in [0, 0.05) is 24.5 Å². The van der Waals surface area contributed by atoms with Crippen molar-refractivity contribution in [2.24, 2.45) is 0 Å². The zero-order valence-corrected chi connectivity index (χ0v) is 12.3. The summed E-state index contributed by atoms with van der Waals surface area (Å²) in [6, 6.07) is 6.95. The lowest BCUT2D eigenvalue weighted by Crippen LogP contribution is -2.33. The van der Waals surface area contributed by atoms with Crippen LogP contribution in [0.5, 0.6) is 5.75 Å². The highest BCUT2D eigenvalue weighted by Crippen LogP contribution is 2.16. The molecule has 102 valence electrons. The Labute approximate surface area is 117 Å². The van der Waals surface area contributed by atoms with E-state index in [0.29, 0.717) is 10.8 Å². The molecule has 1 rings (SSSR count). The molecule has 1 aromatic rings. The summed E-state index contributed by atoms with van der Waals surface area (Å²) in [6.07, 6.45) is 0. The van der Waals surface area contributed by atoms with Gasteiger partial charge in [0.15, 0.2) is 0 Å². The third-order valence-electron chi connectivity index (χ3n) is 2.28. The molecule has 0 N–H and O–H groups in total. The quantitative estimate of drug-likeness (QED) is 0.725. The number of nitrogens with zero attached hydrogens (tertiary/aromatic N) is 1. The molecule has 7 heteroatoms. The predicted molar refractivity (Wildman–Crippen MR) is 74.1 cm³/mol. The Kier molecular flexibility index (Phi) is 6.21. The Morgan fingerprint density at radius 3 is 2.72 bits per heavy atom. The van der Waals surface area contributed by atoms with Crippen molar-refractivity contribution in [1.82, 2.24) is 4.31 Å². The number of hydrogen-bond acceptors (Lipinski definition) is 3. The van der Waals surface area contributed by atoms with Crippen LogP contribution in [0.3, 0.4) is 0 Å². The summed E-state index contributed by atoms with van der Waals surface area (Å²) in [7, 11) is -1.77. The maximum Gasteiger partial charge on any atom is 0.215 e. The summed E-state index contributed by atoms with van der Waals surface area (Å²) in [6.45, 7) is 0.532. The van der Waals surface area contributed by atoms with E-state index in [4.69, 9.17) is 27.9 Å². The van der Waals surface area contributed by atoms with E-state index >= 15 is 0 Å². The van der Waals surface area contributed by atoms with Crippen LogP contribution in [0.25, 0.3) is 0 Å². The third-order valence-corrected chi connectivity index (χ3v) is 4.78. The molecule has 0 aliphatic carbocycles. The van der Waals surface area contributed by atoms with E-state index in [9.17, 15) is 8.42 Å². The molecule has 0 saturated carbocycles. The molecular formula is C11H15Cl2NO3S. The van der Waals surface area contributed by atoms with Crippen LogP contribution >= 0.6 is 23.2 Å². The Hall–Kier alpha value is -0.490. The van der Waals surface area contributed by atoms with Gasteiger partial charge >= 0.3 is 0 Å². The lowest BCUT2D eigenvalue weighted by molar-refractivity contribution is 0.287. The predicted octanol–water partition coefficient (Wildman–Crippen LogP) is 2.22. The summed E-state index contributed by atoms with van der Waals surface area (Å²) in [4.78, 5) is 0. The molecule has 4 nitrogen and oxygen atoms in total. The Morgan fingerprint density at radius 2 is 2.11 bits per heavy atom. The Balaban J connectivity index is 2.42. The van der Waals surface area contributed by atoms with Crippen molar-refractivity contribution in [1.29, 1.82) is 0 Å². The molecule has 0 saturated heterocycles. The number of hydrogen-bond donors (Lipinski definition) is 0. The van der Waals surface area contributed by atoms with Crippen LogP contribution in [-0.2, 0) is 10.0 Å². The summed E-state index contributed by atoms with van der Waals surface area (Å²) >= 11 is 11.2. The minimum absolute atomic E-state index is 0.0672. The normalized spacial score (nSPS) is 11.8. The van der Waals surface area contributed by atoms with E-state index in [2.05, 4.69) is 0 Å². The fraction of sp³-hybridized carbons (Fsp3) is 0.455. The first-order valence-electron chi connectivity index (χ1n) is 5.34. The van der Waals surface area contributed by atoms with Gasteiger partial charge in [-0.15, -0.1) is 11.6 Å². The average molecular weight is 312 g/mol. The molecule has 0 bridgehead atoms. The topological polar surface area (TPSA) is 46.6 Å². The van der Waals surface area contributed by atoms with Crippen molar-refractivity contribution in [3.05, 3.63) is 29.3 Å². The van der Waals surface area contributed by atoms with E-state index in [1.807, 2.05) is 0 Å². The highest BCUT2D eigenvalue weighted by Gasteiger charge is 2.16. The second-order valence-corrected chi connectivity index (χ2v) is 6.64. The first-order valence-corrected chi connectivity index (χ1v) is 7.86. The standard InChI is InChI=1S/C11H15Cl2NO3S/c1-14(18(15,16)8-5-12)6-7-17-11-4-2-3-10(13)9-11/h2-4,9H,5-8H2,1H3. The van der Waals surface area contributed by atoms with Gasteiger partial charge in [0.25, 0.3) is 0 Å². The van der Waals surface area contributed by atoms with Gasteiger partial charge in [0.2, 0.25) is 10.0 Å². The highest BCUT2D eigenvalue weighted by atomic mass is 35.5. The fourth-order valence-electron chi connectivity index (χ4n) is 1.24. The number of likely N-dealkylation sites (N-methyl/N-ethyl adjacent to an activating group) is 1. The van der Waals surface area contributed by atoms with Gasteiger partial charge in [-0.3, -0.25) is 0 Å². The Morgan fingerprint density at radius 1 is 1.39 bits per heavy atom. The van der Waals surface area contributed by atoms with Gasteiger partial charge < -0.3 is 4.74 Å². The molecule has 1 aromatic carbocycles. The molecule has 0 radical (unpaired) electrons. The number of alkyl halides is 1. The molecule has 0 amide bonds. The zero-order valence-electron chi connectivity index (χ0n) is 9.97. The van der Waals surface area contributed by atoms with Crippen LogP contribution in [0.15, 0.2) is 24.3 Å². The van der Waals surface area contributed by atoms with Gasteiger partial charge in [-0.1, -0.05) is 17.7 Å². The van der Waals surface area contributed by atoms with Crippen molar-refractivity contribution in [2.75, 3.05) is 31.8 Å². The highest BCUT2D eigenvalue weighted by molar-refractivity contribution is 7.89. The van der Waals surface area contributed by atoms with E-state index in [-0.39, 0.29) is 24.8 Å². The van der Waals surface area contributed by atoms with E-state index < -0.39 is 10.0 Å². The third kappa shape index (κ3) is 5.02. The SMILES string of the molecule is CN(CCOc1cccc(Cl)c1)S(=O)(=O)CCCl. The molecule has 0 fully saturated rings. The van der Waals surface area contributed by atoms with Crippen molar-refractivity contribution in [2.45, 2.75) is 0 Å². The van der Waals surface area contributed by atoms with Gasteiger partial charge in [-0.05, 0) is 18.2 Å². The van der Waals surface area contributed by atoms with E-state index in [1.165, 1.54) is 11.4 Å². The molecule has 0 aliphatic rings. The maximum absolute atomic E-state index is 11.6. The fourth-order valence-corrected chi connectivity index (χ4v) is 2.87. The van der Waals surface area contributed by atoms with Gasteiger partial charge in [-0.25, -0.2) is 12.7 Å². The number of sulfonamides is 1. The maximum atomic E-state index is 11.6. The monoisotopic (exact) mass is 311 g/mol. The van der Waals surface area contributed by atoms with Crippen LogP contribution in [0.2, 0.25) is 5.02 Å². The van der Waals surface area contributed by atoms with Crippen LogP contribution in [0, 0.1) is 0 Å². The largest absolute Gasteiger partial charge is 0.492 e. The molecule has 0 aliphatic heterocycles. The summed E-state index contributed by atoms with van der Waals surface area (Å²) in [5.74, 6) is 0.634. The molecular weight excluding hydrogens is 297 g/mol. The van der Waals surface area contributed by atoms with Gasteiger partial charge in [0.1, 0.15) is 12.4 Å². The smallest absolute Gasteiger partial charge is 0.215 e. The summed E-state index contributed by atoms with van der Waals surface area (Å²) in [5, 5.41) is 0.579. The number of rotatable bonds is 7. The van der Waals surface area contributed by atoms with E-state index in [1.54, 1.807) is 24.3 Å². The number of benzene rings is 1. The van der Waals surface area contributed by atoms with Crippen molar-refractivity contribution < 1.29 is 13.2 Å². The zero-order chi connectivity index (χ0) is 13.6. The summed E-state index contributed by atoms with van der Waals surface area (Å²) in [5.41, 5.74) is 0. The molecule has 0 unspecified atom stereocenters. The lowest BCUT2D eigenvalue weighted by atomic mass is 10.3. The van der Waals surface area contributed by atoms with Crippen molar-refractivity contribution in [3.8, 4) is 5.75 Å². The molecule has 18 heavy (non-hydrogen) atoms. The Bertz CT molecular complexity index is 479. The first-order chi connectivity index (χ1) is 8.45. The van der Waals surface area contributed by atoms with E-state index in [0.717, 1.165) is 0 Å². The molecule has 0 aromatic heterocycles. The molecule has 0 atom stereocenters. The second-order valence-electron chi connectivity index (χ2n) is 3.63. The van der Waals surface area contributed by atoms with Crippen molar-refractivity contribution in [3.63, 3.8) is 0 Å². The van der Waals surface area contributed by atoms with Crippen LogP contribution < -0.4 is 4.74 Å². The molecule has 0 heterocycles. The minimum atomic E-state index is -3.28. The first kappa shape index (κ1) is 15.6. The van der Waals surface area contributed by atoms with Gasteiger partial charge in [0.05, 0.1) is 5.75 Å². The van der Waals surface area contributed by atoms with Crippen LogP contribution in [0.1, 0.15) is 0 Å². The van der Waals surface area contributed by atoms with Crippen molar-refractivity contribution >= 4 is 33.2 Å². The van der Waals surface area contributed by atoms with Gasteiger partial charge in [-0.2, -0.15) is 0 Å².